The van der Waals surface area contributed by atoms with Crippen LogP contribution in [0.2, 0.25) is 0 Å². The number of amides is 1. The normalized spacial score (nSPS) is 17.3. The molecule has 1 unspecified atom stereocenters. The number of piperazine rings is 1. The van der Waals surface area contributed by atoms with Gasteiger partial charge in [0, 0.05) is 49.9 Å². The molecule has 1 atom stereocenters. The highest BCUT2D eigenvalue weighted by Crippen LogP contribution is 2.31. The number of hydrogen-bond donors (Lipinski definition) is 2. The third kappa shape index (κ3) is 4.79. The third-order valence-corrected chi connectivity index (χ3v) is 7.79. The lowest BCUT2D eigenvalue weighted by Gasteiger charge is -2.40. The summed E-state index contributed by atoms with van der Waals surface area (Å²) in [5.41, 5.74) is 4.53. The summed E-state index contributed by atoms with van der Waals surface area (Å²) in [6, 6.07) is 10.3. The van der Waals surface area contributed by atoms with E-state index in [0.29, 0.717) is 17.6 Å². The van der Waals surface area contributed by atoms with Crippen LogP contribution in [0.25, 0.3) is 22.3 Å². The van der Waals surface area contributed by atoms with Crippen LogP contribution in [0.15, 0.2) is 49.1 Å². The van der Waals surface area contributed by atoms with Gasteiger partial charge in [0.25, 0.3) is 0 Å². The second kappa shape index (κ2) is 10.4. The summed E-state index contributed by atoms with van der Waals surface area (Å²) in [7, 11) is 1.61. The van der Waals surface area contributed by atoms with E-state index >= 15 is 0 Å². The van der Waals surface area contributed by atoms with Crippen LogP contribution in [0, 0.1) is 5.92 Å². The van der Waals surface area contributed by atoms with Crippen LogP contribution >= 0.6 is 0 Å². The number of pyridine rings is 1. The van der Waals surface area contributed by atoms with Crippen LogP contribution in [0.3, 0.4) is 0 Å². The lowest BCUT2D eigenvalue weighted by atomic mass is 9.84. The molecule has 38 heavy (non-hydrogen) atoms. The van der Waals surface area contributed by atoms with Crippen LogP contribution < -0.4 is 10.1 Å². The maximum absolute atomic E-state index is 12.6. The predicted molar refractivity (Wildman–Crippen MR) is 145 cm³/mol. The number of aromatic amines is 1. The summed E-state index contributed by atoms with van der Waals surface area (Å²) in [4.78, 5) is 38.0. The van der Waals surface area contributed by atoms with E-state index in [0.717, 1.165) is 67.1 Å². The standard InChI is InChI=1S/C28H32N8O2/c1-18(35-10-12-36(13-11-35)27(37)19-4-3-5-19)20-8-9-30-25(15-20)34-28-32-22-7-6-21(14-23(22)33-28)26-24(38-2)16-29-17-31-26/h6-9,14-19H,3-5,10-13H2,1-2H3,(H2,30,32,33,34). The smallest absolute Gasteiger partial charge is 0.225 e. The Morgan fingerprint density at radius 2 is 1.97 bits per heavy atom. The first kappa shape index (κ1) is 24.3. The van der Waals surface area contributed by atoms with Gasteiger partial charge in [-0.05, 0) is 49.6 Å². The number of benzene rings is 1. The number of anilines is 2. The molecule has 10 heteroatoms. The summed E-state index contributed by atoms with van der Waals surface area (Å²) in [6.07, 6.45) is 8.31. The fraction of sp³-hybridized carbons (Fsp3) is 0.393. The average molecular weight is 513 g/mol. The quantitative estimate of drug-likeness (QED) is 0.379. The van der Waals surface area contributed by atoms with Crippen molar-refractivity contribution < 1.29 is 9.53 Å². The summed E-state index contributed by atoms with van der Waals surface area (Å²) >= 11 is 0. The highest BCUT2D eigenvalue weighted by Gasteiger charge is 2.32. The molecular formula is C28H32N8O2. The van der Waals surface area contributed by atoms with Crippen molar-refractivity contribution in [2.24, 2.45) is 5.92 Å². The molecule has 0 spiro atoms. The molecule has 196 valence electrons. The monoisotopic (exact) mass is 512 g/mol. The molecule has 10 nitrogen and oxygen atoms in total. The minimum Gasteiger partial charge on any atom is -0.493 e. The number of fused-ring (bicyclic) bond motifs is 1. The highest BCUT2D eigenvalue weighted by molar-refractivity contribution is 5.84. The topological polar surface area (TPSA) is 112 Å². The van der Waals surface area contributed by atoms with Crippen LogP contribution in [0.1, 0.15) is 37.8 Å². The zero-order chi connectivity index (χ0) is 26.1. The van der Waals surface area contributed by atoms with Crippen LogP contribution in [0.4, 0.5) is 11.8 Å². The van der Waals surface area contributed by atoms with E-state index in [2.05, 4.69) is 59.1 Å². The summed E-state index contributed by atoms with van der Waals surface area (Å²) in [5, 5.41) is 3.32. The van der Waals surface area contributed by atoms with Gasteiger partial charge in [-0.1, -0.05) is 12.5 Å². The maximum Gasteiger partial charge on any atom is 0.225 e. The average Bonchev–Trinajstić information content (AvgIpc) is 3.33. The van der Waals surface area contributed by atoms with Crippen molar-refractivity contribution in [3.05, 3.63) is 54.6 Å². The molecule has 4 aromatic rings. The van der Waals surface area contributed by atoms with Gasteiger partial charge in [-0.15, -0.1) is 0 Å². The van der Waals surface area contributed by atoms with Crippen molar-refractivity contribution in [1.29, 1.82) is 0 Å². The molecule has 1 saturated carbocycles. The molecule has 1 aliphatic heterocycles. The Hall–Kier alpha value is -4.05. The fourth-order valence-corrected chi connectivity index (χ4v) is 5.25. The van der Waals surface area contributed by atoms with Crippen molar-refractivity contribution in [1.82, 2.24) is 34.7 Å². The number of nitrogens with one attached hydrogen (secondary N) is 2. The fourth-order valence-electron chi connectivity index (χ4n) is 5.25. The minimum absolute atomic E-state index is 0.223. The van der Waals surface area contributed by atoms with E-state index in [4.69, 9.17) is 4.74 Å². The van der Waals surface area contributed by atoms with E-state index in [1.807, 2.05) is 24.4 Å². The number of aromatic nitrogens is 5. The molecule has 0 radical (unpaired) electrons. The Morgan fingerprint density at radius 3 is 2.74 bits per heavy atom. The number of nitrogens with zero attached hydrogens (tertiary/aromatic N) is 6. The Balaban J connectivity index is 1.13. The van der Waals surface area contributed by atoms with Crippen molar-refractivity contribution in [2.45, 2.75) is 32.2 Å². The lowest BCUT2D eigenvalue weighted by Crippen LogP contribution is -2.51. The summed E-state index contributed by atoms with van der Waals surface area (Å²) < 4.78 is 5.41. The van der Waals surface area contributed by atoms with Gasteiger partial charge in [-0.25, -0.2) is 19.9 Å². The van der Waals surface area contributed by atoms with Crippen LogP contribution in [-0.4, -0.2) is 73.9 Å². The third-order valence-electron chi connectivity index (χ3n) is 7.79. The minimum atomic E-state index is 0.223. The molecular weight excluding hydrogens is 480 g/mol. The largest absolute Gasteiger partial charge is 0.493 e. The number of ether oxygens (including phenoxy) is 1. The molecule has 2 aliphatic rings. The van der Waals surface area contributed by atoms with Gasteiger partial charge in [-0.2, -0.15) is 0 Å². The number of carbonyl (C=O) groups excluding carboxylic acids is 1. The molecule has 1 aromatic carbocycles. The van der Waals surface area contributed by atoms with Crippen LogP contribution in [0.5, 0.6) is 5.75 Å². The van der Waals surface area contributed by atoms with Gasteiger partial charge in [0.15, 0.2) is 5.75 Å². The summed E-state index contributed by atoms with van der Waals surface area (Å²) in [6.45, 7) is 5.59. The van der Waals surface area contributed by atoms with Crippen molar-refractivity contribution >= 4 is 28.7 Å². The number of carbonyl (C=O) groups is 1. The molecule has 1 aliphatic carbocycles. The SMILES string of the molecule is COc1cncnc1-c1ccc2nc(Nc3cc(C(C)N4CCN(C(=O)C5CCC5)CC4)ccn3)[nH]c2c1. The van der Waals surface area contributed by atoms with Gasteiger partial charge >= 0.3 is 0 Å². The Kier molecular flexibility index (Phi) is 6.63. The van der Waals surface area contributed by atoms with Gasteiger partial charge in [-0.3, -0.25) is 9.69 Å². The number of methoxy groups -OCH3 is 1. The molecule has 2 fully saturated rings. The van der Waals surface area contributed by atoms with Crippen LogP contribution in [-0.2, 0) is 4.79 Å². The molecule has 1 amide bonds. The number of rotatable bonds is 7. The molecule has 1 saturated heterocycles. The Bertz CT molecular complexity index is 1440. The molecule has 3 aromatic heterocycles. The van der Waals surface area contributed by atoms with E-state index in [1.165, 1.54) is 18.3 Å². The number of hydrogen-bond acceptors (Lipinski definition) is 8. The highest BCUT2D eigenvalue weighted by atomic mass is 16.5. The Labute approximate surface area is 221 Å². The second-order valence-electron chi connectivity index (χ2n) is 10.0. The lowest BCUT2D eigenvalue weighted by molar-refractivity contribution is -0.140. The van der Waals surface area contributed by atoms with Crippen molar-refractivity contribution in [3.8, 4) is 17.0 Å². The van der Waals surface area contributed by atoms with Crippen molar-refractivity contribution in [2.75, 3.05) is 38.6 Å². The second-order valence-corrected chi connectivity index (χ2v) is 10.0. The molecule has 4 heterocycles. The van der Waals surface area contributed by atoms with Gasteiger partial charge in [0.1, 0.15) is 17.8 Å². The first-order valence-corrected chi connectivity index (χ1v) is 13.2. The molecule has 0 bridgehead atoms. The van der Waals surface area contributed by atoms with Crippen molar-refractivity contribution in [3.63, 3.8) is 0 Å². The first-order chi connectivity index (χ1) is 18.6. The Morgan fingerprint density at radius 1 is 1.13 bits per heavy atom. The van der Waals surface area contributed by atoms with E-state index < -0.39 is 0 Å². The van der Waals surface area contributed by atoms with Gasteiger partial charge in [0.2, 0.25) is 11.9 Å². The molecule has 6 rings (SSSR count). The predicted octanol–water partition coefficient (Wildman–Crippen LogP) is 4.17. The van der Waals surface area contributed by atoms with E-state index in [1.54, 1.807) is 13.3 Å². The summed E-state index contributed by atoms with van der Waals surface area (Å²) in [5.74, 6) is 2.59. The molecule has 2 N–H and O–H groups in total. The van der Waals surface area contributed by atoms with Gasteiger partial charge in [0.05, 0.1) is 24.3 Å². The van der Waals surface area contributed by atoms with E-state index in [9.17, 15) is 4.79 Å². The zero-order valence-electron chi connectivity index (χ0n) is 21.7. The van der Waals surface area contributed by atoms with Gasteiger partial charge < -0.3 is 19.9 Å². The number of H-pyrrole nitrogens is 1. The maximum atomic E-state index is 12.6. The number of imidazole rings is 1. The van der Waals surface area contributed by atoms with E-state index in [-0.39, 0.29) is 12.0 Å². The first-order valence-electron chi connectivity index (χ1n) is 13.2. The zero-order valence-corrected chi connectivity index (χ0v) is 21.7.